The summed E-state index contributed by atoms with van der Waals surface area (Å²) in [6, 6.07) is 22.3. The van der Waals surface area contributed by atoms with Crippen molar-refractivity contribution < 1.29 is 9.21 Å². The van der Waals surface area contributed by atoms with Crippen molar-refractivity contribution in [1.82, 2.24) is 4.98 Å². The molecule has 0 fully saturated rings. The number of aromatic nitrogens is 1. The van der Waals surface area contributed by atoms with Gasteiger partial charge >= 0.3 is 0 Å². The lowest BCUT2D eigenvalue weighted by molar-refractivity contribution is -0.111. The van der Waals surface area contributed by atoms with E-state index in [2.05, 4.69) is 10.3 Å². The van der Waals surface area contributed by atoms with Gasteiger partial charge in [0.2, 0.25) is 11.8 Å². The molecular weight excluding hydrogens is 360 g/mol. The fourth-order valence-corrected chi connectivity index (χ4v) is 2.84. The van der Waals surface area contributed by atoms with Crippen molar-refractivity contribution >= 4 is 40.4 Å². The number of halogens is 1. The number of hydrogen-bond donors (Lipinski definition) is 1. The summed E-state index contributed by atoms with van der Waals surface area (Å²) in [5.41, 5.74) is 3.75. The van der Waals surface area contributed by atoms with Crippen LogP contribution < -0.4 is 5.32 Å². The van der Waals surface area contributed by atoms with Crippen LogP contribution in [0, 0.1) is 0 Å². The fraction of sp³-hybridized carbons (Fsp3) is 0. The second kappa shape index (κ2) is 7.48. The molecule has 5 heteroatoms. The Morgan fingerprint density at radius 3 is 2.70 bits per heavy atom. The lowest BCUT2D eigenvalue weighted by Gasteiger charge is -2.03. The minimum absolute atomic E-state index is 0.208. The van der Waals surface area contributed by atoms with Crippen molar-refractivity contribution in [3.63, 3.8) is 0 Å². The van der Waals surface area contributed by atoms with E-state index in [9.17, 15) is 4.79 Å². The molecule has 0 radical (unpaired) electrons. The second-order valence-electron chi connectivity index (χ2n) is 5.95. The Bertz CT molecular complexity index is 1130. The Morgan fingerprint density at radius 1 is 1.00 bits per heavy atom. The first-order valence-corrected chi connectivity index (χ1v) is 8.76. The van der Waals surface area contributed by atoms with Gasteiger partial charge in [0.25, 0.3) is 0 Å². The van der Waals surface area contributed by atoms with Crippen molar-refractivity contribution in [2.75, 3.05) is 5.32 Å². The van der Waals surface area contributed by atoms with Crippen LogP contribution in [0.25, 0.3) is 28.6 Å². The van der Waals surface area contributed by atoms with Gasteiger partial charge in [0.1, 0.15) is 5.52 Å². The zero-order valence-corrected chi connectivity index (χ0v) is 15.0. The fourth-order valence-electron chi connectivity index (χ4n) is 2.67. The average Bonchev–Trinajstić information content (AvgIpc) is 3.11. The molecule has 4 rings (SSSR count). The number of carbonyl (C=O) groups excluding carboxylic acids is 1. The van der Waals surface area contributed by atoms with Crippen molar-refractivity contribution in [1.29, 1.82) is 0 Å². The van der Waals surface area contributed by atoms with Gasteiger partial charge in [0, 0.05) is 22.3 Å². The minimum Gasteiger partial charge on any atom is -0.436 e. The van der Waals surface area contributed by atoms with Crippen LogP contribution >= 0.6 is 11.6 Å². The summed E-state index contributed by atoms with van der Waals surface area (Å²) >= 11 is 5.99. The monoisotopic (exact) mass is 374 g/mol. The molecule has 0 aliphatic heterocycles. The van der Waals surface area contributed by atoms with Crippen LogP contribution in [0.4, 0.5) is 5.69 Å². The molecular formula is C22H15ClN2O2. The second-order valence-corrected chi connectivity index (χ2v) is 6.38. The van der Waals surface area contributed by atoms with Crippen molar-refractivity contribution in [2.45, 2.75) is 0 Å². The molecule has 1 heterocycles. The molecule has 0 atom stereocenters. The predicted octanol–water partition coefficient (Wildman–Crippen LogP) is 5.80. The number of benzene rings is 3. The number of carbonyl (C=O) groups is 1. The number of fused-ring (bicyclic) bond motifs is 1. The van der Waals surface area contributed by atoms with E-state index in [4.69, 9.17) is 16.0 Å². The van der Waals surface area contributed by atoms with Crippen LogP contribution in [0.3, 0.4) is 0 Å². The van der Waals surface area contributed by atoms with Crippen molar-refractivity contribution in [3.05, 3.63) is 89.5 Å². The number of amides is 1. The molecule has 0 saturated heterocycles. The normalized spacial score (nSPS) is 11.1. The smallest absolute Gasteiger partial charge is 0.248 e. The van der Waals surface area contributed by atoms with E-state index in [1.807, 2.05) is 54.6 Å². The highest BCUT2D eigenvalue weighted by Gasteiger charge is 2.09. The topological polar surface area (TPSA) is 55.1 Å². The van der Waals surface area contributed by atoms with Gasteiger partial charge in [0.15, 0.2) is 5.58 Å². The number of nitrogens with zero attached hydrogens (tertiary/aromatic N) is 1. The van der Waals surface area contributed by atoms with Crippen LogP contribution in [0.1, 0.15) is 5.56 Å². The first-order valence-electron chi connectivity index (χ1n) is 8.38. The molecule has 1 amide bonds. The summed E-state index contributed by atoms with van der Waals surface area (Å²) in [5.74, 6) is 0.267. The maximum atomic E-state index is 12.2. The van der Waals surface area contributed by atoms with Gasteiger partial charge in [-0.1, -0.05) is 48.0 Å². The Morgan fingerprint density at radius 2 is 1.85 bits per heavy atom. The molecule has 1 aromatic heterocycles. The summed E-state index contributed by atoms with van der Waals surface area (Å²) in [6.45, 7) is 0. The first-order chi connectivity index (χ1) is 13.2. The molecule has 1 N–H and O–H groups in total. The highest BCUT2D eigenvalue weighted by atomic mass is 35.5. The summed E-state index contributed by atoms with van der Waals surface area (Å²) in [7, 11) is 0. The van der Waals surface area contributed by atoms with Crippen molar-refractivity contribution in [3.8, 4) is 11.5 Å². The SMILES string of the molecule is O=C(/C=C/c1ccccc1)Nc1cccc(-c2nc3cc(Cl)ccc3o2)c1. The highest BCUT2D eigenvalue weighted by Crippen LogP contribution is 2.27. The minimum atomic E-state index is -0.208. The summed E-state index contributed by atoms with van der Waals surface area (Å²) in [4.78, 5) is 16.6. The zero-order valence-electron chi connectivity index (χ0n) is 14.2. The van der Waals surface area contributed by atoms with Crippen LogP contribution in [0.15, 0.2) is 83.3 Å². The lowest BCUT2D eigenvalue weighted by Crippen LogP contribution is -2.07. The Hall–Kier alpha value is -3.37. The third kappa shape index (κ3) is 4.07. The lowest BCUT2D eigenvalue weighted by atomic mass is 10.2. The third-order valence-corrected chi connectivity index (χ3v) is 4.19. The molecule has 0 unspecified atom stereocenters. The molecule has 3 aromatic carbocycles. The maximum absolute atomic E-state index is 12.2. The molecule has 27 heavy (non-hydrogen) atoms. The van der Waals surface area contributed by atoms with E-state index in [0.29, 0.717) is 27.7 Å². The first kappa shape index (κ1) is 17.1. The van der Waals surface area contributed by atoms with E-state index in [0.717, 1.165) is 11.1 Å². The number of hydrogen-bond acceptors (Lipinski definition) is 3. The van der Waals surface area contributed by atoms with Crippen LogP contribution in [0.2, 0.25) is 5.02 Å². The molecule has 0 aliphatic carbocycles. The molecule has 0 bridgehead atoms. The number of anilines is 1. The predicted molar refractivity (Wildman–Crippen MR) is 109 cm³/mol. The summed E-state index contributed by atoms with van der Waals surface area (Å²) < 4.78 is 5.78. The molecule has 4 nitrogen and oxygen atoms in total. The van der Waals surface area contributed by atoms with Crippen LogP contribution in [-0.4, -0.2) is 10.9 Å². The average molecular weight is 375 g/mol. The van der Waals surface area contributed by atoms with E-state index in [-0.39, 0.29) is 5.91 Å². The van der Waals surface area contributed by atoms with E-state index >= 15 is 0 Å². The molecule has 4 aromatic rings. The largest absolute Gasteiger partial charge is 0.436 e. The molecule has 0 saturated carbocycles. The summed E-state index contributed by atoms with van der Waals surface area (Å²) in [5, 5.41) is 3.45. The molecule has 132 valence electrons. The Balaban J connectivity index is 1.53. The quantitative estimate of drug-likeness (QED) is 0.459. The van der Waals surface area contributed by atoms with Crippen LogP contribution in [0.5, 0.6) is 0 Å². The van der Waals surface area contributed by atoms with Gasteiger partial charge in [-0.15, -0.1) is 0 Å². The van der Waals surface area contributed by atoms with E-state index in [1.54, 1.807) is 24.3 Å². The van der Waals surface area contributed by atoms with Gasteiger partial charge in [0.05, 0.1) is 0 Å². The van der Waals surface area contributed by atoms with E-state index < -0.39 is 0 Å². The Kier molecular flexibility index (Phi) is 4.73. The standard InChI is InChI=1S/C22H15ClN2O2/c23-17-10-11-20-19(14-17)25-22(27-20)16-7-4-8-18(13-16)24-21(26)12-9-15-5-2-1-3-6-15/h1-14H,(H,24,26)/b12-9+. The van der Waals surface area contributed by atoms with Gasteiger partial charge in [-0.05, 0) is 48.0 Å². The third-order valence-electron chi connectivity index (χ3n) is 3.95. The van der Waals surface area contributed by atoms with Gasteiger partial charge < -0.3 is 9.73 Å². The summed E-state index contributed by atoms with van der Waals surface area (Å²) in [6.07, 6.45) is 3.27. The van der Waals surface area contributed by atoms with Crippen LogP contribution in [-0.2, 0) is 4.79 Å². The highest BCUT2D eigenvalue weighted by molar-refractivity contribution is 6.31. The van der Waals surface area contributed by atoms with Gasteiger partial charge in [-0.2, -0.15) is 0 Å². The van der Waals surface area contributed by atoms with Gasteiger partial charge in [-0.25, -0.2) is 4.98 Å². The Labute approximate surface area is 161 Å². The number of oxazole rings is 1. The maximum Gasteiger partial charge on any atom is 0.248 e. The van der Waals surface area contributed by atoms with E-state index in [1.165, 1.54) is 6.08 Å². The molecule has 0 spiro atoms. The van der Waals surface area contributed by atoms with Gasteiger partial charge in [-0.3, -0.25) is 4.79 Å². The van der Waals surface area contributed by atoms with Crippen molar-refractivity contribution in [2.24, 2.45) is 0 Å². The zero-order chi connectivity index (χ0) is 18.6. The molecule has 0 aliphatic rings. The number of nitrogens with one attached hydrogen (secondary N) is 1. The number of rotatable bonds is 4.